The lowest BCUT2D eigenvalue weighted by atomic mass is 10.1. The Morgan fingerprint density at radius 2 is 1.90 bits per heavy atom. The molecule has 0 radical (unpaired) electrons. The summed E-state index contributed by atoms with van der Waals surface area (Å²) >= 11 is 0. The van der Waals surface area contributed by atoms with E-state index in [1.165, 1.54) is 31.2 Å². The van der Waals surface area contributed by atoms with Crippen molar-refractivity contribution in [2.75, 3.05) is 5.32 Å². The number of halogens is 3. The average molecular weight is 408 g/mol. The quantitative estimate of drug-likeness (QED) is 0.765. The fourth-order valence-electron chi connectivity index (χ4n) is 2.63. The fraction of sp³-hybridized carbons (Fsp3) is 0.368. The molecule has 2 N–H and O–H groups in total. The summed E-state index contributed by atoms with van der Waals surface area (Å²) in [5, 5.41) is 5.25. The predicted molar refractivity (Wildman–Crippen MR) is 97.2 cm³/mol. The third kappa shape index (κ3) is 5.90. The number of alkyl halides is 3. The minimum atomic E-state index is -4.77. The second-order valence-electron chi connectivity index (χ2n) is 6.81. The molecular formula is C19H19F3N4O3. The number of nitrogens with one attached hydrogen (secondary N) is 2. The number of carbonyl (C=O) groups is 2. The van der Waals surface area contributed by atoms with E-state index in [2.05, 4.69) is 25.3 Å². The van der Waals surface area contributed by atoms with Gasteiger partial charge in [0.25, 0.3) is 5.91 Å². The molecule has 1 aromatic heterocycles. The zero-order valence-corrected chi connectivity index (χ0v) is 15.8. The number of hydrogen-bond acceptors (Lipinski definition) is 5. The van der Waals surface area contributed by atoms with Gasteiger partial charge in [0, 0.05) is 18.2 Å². The van der Waals surface area contributed by atoms with Crippen LogP contribution in [0.15, 0.2) is 24.3 Å². The number of anilines is 1. The smallest absolute Gasteiger partial charge is 0.406 e. The molecule has 0 spiro atoms. The average Bonchev–Trinajstić information content (AvgIpc) is 3.45. The van der Waals surface area contributed by atoms with E-state index >= 15 is 0 Å². The molecule has 154 valence electrons. The molecule has 0 aliphatic heterocycles. The molecule has 2 aromatic rings. The predicted octanol–water partition coefficient (Wildman–Crippen LogP) is 3.27. The largest absolute Gasteiger partial charge is 0.573 e. The highest BCUT2D eigenvalue weighted by molar-refractivity contribution is 5.95. The molecule has 7 nitrogen and oxygen atoms in total. The van der Waals surface area contributed by atoms with Gasteiger partial charge in [0.15, 0.2) is 0 Å². The van der Waals surface area contributed by atoms with Crippen molar-refractivity contribution in [3.8, 4) is 5.75 Å². The lowest BCUT2D eigenvalue weighted by Crippen LogP contribution is -2.25. The summed E-state index contributed by atoms with van der Waals surface area (Å²) in [7, 11) is 0. The van der Waals surface area contributed by atoms with Gasteiger partial charge < -0.3 is 10.1 Å². The first-order chi connectivity index (χ1) is 13.6. The summed E-state index contributed by atoms with van der Waals surface area (Å²) < 4.78 is 40.9. The van der Waals surface area contributed by atoms with Crippen molar-refractivity contribution in [1.29, 1.82) is 0 Å². The molecule has 1 heterocycles. The van der Waals surface area contributed by atoms with E-state index in [1.807, 2.05) is 0 Å². The van der Waals surface area contributed by atoms with Crippen molar-refractivity contribution < 1.29 is 27.5 Å². The van der Waals surface area contributed by atoms with Crippen molar-refractivity contribution in [3.05, 3.63) is 46.8 Å². The zero-order valence-electron chi connectivity index (χ0n) is 15.8. The SMILES string of the molecule is Cc1cc(C(=O)NCc2ccc(OC(F)(F)F)c(C)c2)nc(NC(=O)C2CC2)n1. The lowest BCUT2D eigenvalue weighted by Gasteiger charge is -2.13. The molecule has 3 rings (SSSR count). The van der Waals surface area contributed by atoms with Crippen LogP contribution in [-0.4, -0.2) is 28.1 Å². The Balaban J connectivity index is 1.63. The van der Waals surface area contributed by atoms with Gasteiger partial charge in [-0.3, -0.25) is 14.9 Å². The van der Waals surface area contributed by atoms with Crippen LogP contribution in [0.25, 0.3) is 0 Å². The second kappa shape index (κ2) is 8.06. The van der Waals surface area contributed by atoms with Crippen LogP contribution in [0.2, 0.25) is 0 Å². The molecule has 0 bridgehead atoms. The van der Waals surface area contributed by atoms with E-state index < -0.39 is 12.3 Å². The first-order valence-corrected chi connectivity index (χ1v) is 8.91. The Morgan fingerprint density at radius 1 is 1.17 bits per heavy atom. The Morgan fingerprint density at radius 3 is 2.52 bits per heavy atom. The maximum absolute atomic E-state index is 12.4. The highest BCUT2D eigenvalue weighted by Crippen LogP contribution is 2.30. The summed E-state index contributed by atoms with van der Waals surface area (Å²) in [5.41, 5.74) is 1.48. The van der Waals surface area contributed by atoms with Crippen LogP contribution in [0.1, 0.15) is 40.2 Å². The van der Waals surface area contributed by atoms with Gasteiger partial charge in [0.1, 0.15) is 11.4 Å². The van der Waals surface area contributed by atoms with Gasteiger partial charge in [-0.25, -0.2) is 9.97 Å². The number of aryl methyl sites for hydroxylation is 2. The number of ether oxygens (including phenoxy) is 1. The van der Waals surface area contributed by atoms with Gasteiger partial charge in [-0.15, -0.1) is 13.2 Å². The highest BCUT2D eigenvalue weighted by atomic mass is 19.4. The van der Waals surface area contributed by atoms with E-state index in [0.717, 1.165) is 12.8 Å². The maximum atomic E-state index is 12.4. The number of carbonyl (C=O) groups excluding carboxylic acids is 2. The van der Waals surface area contributed by atoms with Gasteiger partial charge in [0.05, 0.1) is 0 Å². The van der Waals surface area contributed by atoms with Crippen LogP contribution in [-0.2, 0) is 11.3 Å². The van der Waals surface area contributed by atoms with Crippen molar-refractivity contribution in [3.63, 3.8) is 0 Å². The Bertz CT molecular complexity index is 943. The molecule has 1 aromatic carbocycles. The highest BCUT2D eigenvalue weighted by Gasteiger charge is 2.32. The van der Waals surface area contributed by atoms with Gasteiger partial charge in [-0.1, -0.05) is 12.1 Å². The van der Waals surface area contributed by atoms with E-state index in [0.29, 0.717) is 11.3 Å². The Hall–Kier alpha value is -3.17. The number of rotatable bonds is 6. The lowest BCUT2D eigenvalue weighted by molar-refractivity contribution is -0.274. The number of aromatic nitrogens is 2. The van der Waals surface area contributed by atoms with Crippen molar-refractivity contribution >= 4 is 17.8 Å². The van der Waals surface area contributed by atoms with Gasteiger partial charge in [-0.05, 0) is 49.9 Å². The van der Waals surface area contributed by atoms with Gasteiger partial charge >= 0.3 is 6.36 Å². The molecule has 1 saturated carbocycles. The molecule has 0 atom stereocenters. The first-order valence-electron chi connectivity index (χ1n) is 8.91. The molecular weight excluding hydrogens is 389 g/mol. The van der Waals surface area contributed by atoms with Crippen molar-refractivity contribution in [2.24, 2.45) is 5.92 Å². The van der Waals surface area contributed by atoms with E-state index in [9.17, 15) is 22.8 Å². The monoisotopic (exact) mass is 408 g/mol. The van der Waals surface area contributed by atoms with E-state index in [-0.39, 0.29) is 41.3 Å². The Labute approximate surface area is 164 Å². The zero-order chi connectivity index (χ0) is 21.2. The van der Waals surface area contributed by atoms with Crippen LogP contribution in [0.3, 0.4) is 0 Å². The van der Waals surface area contributed by atoms with E-state index in [1.54, 1.807) is 6.92 Å². The normalized spacial score (nSPS) is 13.7. The third-order valence-corrected chi connectivity index (χ3v) is 4.19. The summed E-state index contributed by atoms with van der Waals surface area (Å²) in [6.45, 7) is 3.24. The van der Waals surface area contributed by atoms with Crippen LogP contribution < -0.4 is 15.4 Å². The molecule has 0 unspecified atom stereocenters. The van der Waals surface area contributed by atoms with Gasteiger partial charge in [0.2, 0.25) is 11.9 Å². The van der Waals surface area contributed by atoms with Gasteiger partial charge in [-0.2, -0.15) is 0 Å². The minimum Gasteiger partial charge on any atom is -0.406 e. The molecule has 10 heteroatoms. The summed E-state index contributed by atoms with van der Waals surface area (Å²) in [6.07, 6.45) is -3.10. The summed E-state index contributed by atoms with van der Waals surface area (Å²) in [4.78, 5) is 32.4. The molecule has 1 aliphatic rings. The molecule has 29 heavy (non-hydrogen) atoms. The van der Waals surface area contributed by atoms with Crippen LogP contribution >= 0.6 is 0 Å². The van der Waals surface area contributed by atoms with Crippen LogP contribution in [0.4, 0.5) is 19.1 Å². The topological polar surface area (TPSA) is 93.2 Å². The molecule has 0 saturated heterocycles. The molecule has 1 fully saturated rings. The second-order valence-corrected chi connectivity index (χ2v) is 6.81. The number of amides is 2. The maximum Gasteiger partial charge on any atom is 0.573 e. The fourth-order valence-corrected chi connectivity index (χ4v) is 2.63. The van der Waals surface area contributed by atoms with Crippen LogP contribution in [0, 0.1) is 19.8 Å². The number of benzene rings is 1. The number of nitrogens with zero attached hydrogens (tertiary/aromatic N) is 2. The minimum absolute atomic E-state index is 0.0241. The summed E-state index contributed by atoms with van der Waals surface area (Å²) in [6, 6.07) is 5.60. The Kier molecular flexibility index (Phi) is 5.71. The summed E-state index contributed by atoms with van der Waals surface area (Å²) in [5.74, 6) is -0.917. The van der Waals surface area contributed by atoms with E-state index in [4.69, 9.17) is 0 Å². The third-order valence-electron chi connectivity index (χ3n) is 4.19. The van der Waals surface area contributed by atoms with Crippen LogP contribution in [0.5, 0.6) is 5.75 Å². The van der Waals surface area contributed by atoms with Crippen molar-refractivity contribution in [2.45, 2.75) is 39.6 Å². The standard InChI is InChI=1S/C19H19F3N4O3/c1-10-7-12(3-6-15(10)29-19(20,21)22)9-23-17(28)14-8-11(2)24-18(25-14)26-16(27)13-4-5-13/h3,6-8,13H,4-5,9H2,1-2H3,(H,23,28)(H,24,25,26,27). The molecule has 1 aliphatic carbocycles. The van der Waals surface area contributed by atoms with Crippen molar-refractivity contribution in [1.82, 2.24) is 15.3 Å². The first kappa shape index (κ1) is 20.6. The number of hydrogen-bond donors (Lipinski definition) is 2. The molecule has 2 amide bonds.